The SMILES string of the molecule is c1ccc(-c2ccccc2-n2c3ccccc3c3ccc(-c4ccc5c(c4)c4ccccc4n5-c4ccc5ccccc5c4)cc32)cc1. The van der Waals surface area contributed by atoms with E-state index in [9.17, 15) is 0 Å². The Morgan fingerprint density at radius 2 is 0.896 bits per heavy atom. The molecule has 10 rings (SSSR count). The van der Waals surface area contributed by atoms with Gasteiger partial charge in [-0.3, -0.25) is 0 Å². The highest BCUT2D eigenvalue weighted by Crippen LogP contribution is 2.40. The fourth-order valence-electron chi connectivity index (χ4n) is 7.69. The van der Waals surface area contributed by atoms with Gasteiger partial charge in [0, 0.05) is 32.8 Å². The predicted molar refractivity (Wildman–Crippen MR) is 203 cm³/mol. The van der Waals surface area contributed by atoms with Crippen molar-refractivity contribution in [3.63, 3.8) is 0 Å². The molecule has 0 aliphatic carbocycles. The number of para-hydroxylation sites is 3. The lowest BCUT2D eigenvalue weighted by Crippen LogP contribution is -1.97. The Hall–Kier alpha value is -6.38. The molecule has 0 aliphatic heterocycles. The van der Waals surface area contributed by atoms with Gasteiger partial charge in [0.2, 0.25) is 0 Å². The number of fused-ring (bicyclic) bond motifs is 7. The third-order valence-corrected chi connectivity index (χ3v) is 9.90. The lowest BCUT2D eigenvalue weighted by Gasteiger charge is -2.14. The van der Waals surface area contributed by atoms with E-state index >= 15 is 0 Å². The summed E-state index contributed by atoms with van der Waals surface area (Å²) in [5, 5.41) is 7.53. The van der Waals surface area contributed by atoms with Gasteiger partial charge >= 0.3 is 0 Å². The Balaban J connectivity index is 1.19. The van der Waals surface area contributed by atoms with Crippen LogP contribution in [0, 0.1) is 0 Å². The molecule has 0 fully saturated rings. The number of benzene rings is 8. The number of hydrogen-bond acceptors (Lipinski definition) is 0. The Labute approximate surface area is 278 Å². The fourth-order valence-corrected chi connectivity index (χ4v) is 7.69. The van der Waals surface area contributed by atoms with E-state index < -0.39 is 0 Å². The van der Waals surface area contributed by atoms with E-state index in [-0.39, 0.29) is 0 Å². The van der Waals surface area contributed by atoms with Gasteiger partial charge in [0.15, 0.2) is 0 Å². The highest BCUT2D eigenvalue weighted by molar-refractivity contribution is 6.13. The molecule has 0 saturated heterocycles. The summed E-state index contributed by atoms with van der Waals surface area (Å²) < 4.78 is 4.85. The first kappa shape index (κ1) is 26.8. The van der Waals surface area contributed by atoms with Crippen molar-refractivity contribution in [3.05, 3.63) is 182 Å². The smallest absolute Gasteiger partial charge is 0.0547 e. The van der Waals surface area contributed by atoms with Gasteiger partial charge in [0.05, 0.1) is 27.8 Å². The van der Waals surface area contributed by atoms with E-state index in [1.165, 1.54) is 88.0 Å². The average Bonchev–Trinajstić information content (AvgIpc) is 3.67. The minimum atomic E-state index is 1.18. The highest BCUT2D eigenvalue weighted by atomic mass is 15.0. The first-order valence-electron chi connectivity index (χ1n) is 16.5. The van der Waals surface area contributed by atoms with Crippen LogP contribution in [0.2, 0.25) is 0 Å². The summed E-state index contributed by atoms with van der Waals surface area (Å²) in [6.07, 6.45) is 0. The van der Waals surface area contributed by atoms with Crippen molar-refractivity contribution in [2.75, 3.05) is 0 Å². The maximum Gasteiger partial charge on any atom is 0.0547 e. The second-order valence-corrected chi connectivity index (χ2v) is 12.6. The second-order valence-electron chi connectivity index (χ2n) is 12.6. The van der Waals surface area contributed by atoms with Crippen molar-refractivity contribution in [2.45, 2.75) is 0 Å². The molecule has 0 saturated carbocycles. The maximum atomic E-state index is 2.45. The van der Waals surface area contributed by atoms with Crippen LogP contribution in [0.5, 0.6) is 0 Å². The van der Waals surface area contributed by atoms with Gasteiger partial charge in [-0.05, 0) is 76.0 Å². The van der Waals surface area contributed by atoms with Gasteiger partial charge in [-0.2, -0.15) is 0 Å². The normalized spacial score (nSPS) is 11.8. The molecular weight excluding hydrogens is 581 g/mol. The lowest BCUT2D eigenvalue weighted by atomic mass is 10.0. The van der Waals surface area contributed by atoms with Crippen LogP contribution in [0.25, 0.3) is 88.0 Å². The molecule has 0 aliphatic rings. The van der Waals surface area contributed by atoms with Gasteiger partial charge in [-0.25, -0.2) is 0 Å². The summed E-state index contributed by atoms with van der Waals surface area (Å²) in [7, 11) is 0. The zero-order chi connectivity index (χ0) is 31.6. The molecule has 2 heteroatoms. The molecule has 0 bridgehead atoms. The zero-order valence-electron chi connectivity index (χ0n) is 26.2. The van der Waals surface area contributed by atoms with Crippen LogP contribution in [0.4, 0.5) is 0 Å². The van der Waals surface area contributed by atoms with E-state index in [1.54, 1.807) is 0 Å². The summed E-state index contributed by atoms with van der Waals surface area (Å²) in [6.45, 7) is 0. The van der Waals surface area contributed by atoms with Crippen molar-refractivity contribution < 1.29 is 0 Å². The molecule has 0 N–H and O–H groups in total. The summed E-state index contributed by atoms with van der Waals surface area (Å²) in [6, 6.07) is 66.3. The molecule has 48 heavy (non-hydrogen) atoms. The Bertz CT molecular complexity index is 2830. The molecule has 2 nitrogen and oxygen atoms in total. The predicted octanol–water partition coefficient (Wildman–Crippen LogP) is 12.4. The fraction of sp³-hybridized carbons (Fsp3) is 0. The summed E-state index contributed by atoms with van der Waals surface area (Å²) in [5.41, 5.74) is 12.0. The summed E-state index contributed by atoms with van der Waals surface area (Å²) >= 11 is 0. The van der Waals surface area contributed by atoms with Crippen LogP contribution in [-0.2, 0) is 0 Å². The molecule has 224 valence electrons. The first-order valence-corrected chi connectivity index (χ1v) is 16.5. The van der Waals surface area contributed by atoms with Gasteiger partial charge in [-0.1, -0.05) is 133 Å². The van der Waals surface area contributed by atoms with Gasteiger partial charge < -0.3 is 9.13 Å². The van der Waals surface area contributed by atoms with Crippen molar-refractivity contribution in [2.24, 2.45) is 0 Å². The minimum Gasteiger partial charge on any atom is -0.309 e. The van der Waals surface area contributed by atoms with E-state index in [0.29, 0.717) is 0 Å². The maximum absolute atomic E-state index is 2.45. The van der Waals surface area contributed by atoms with Crippen molar-refractivity contribution in [1.82, 2.24) is 9.13 Å². The first-order chi connectivity index (χ1) is 23.8. The Kier molecular flexibility index (Phi) is 5.91. The molecule has 0 amide bonds. The molecule has 0 radical (unpaired) electrons. The summed E-state index contributed by atoms with van der Waals surface area (Å²) in [5.74, 6) is 0. The van der Waals surface area contributed by atoms with E-state index in [1.807, 2.05) is 0 Å². The number of rotatable bonds is 4. The summed E-state index contributed by atoms with van der Waals surface area (Å²) in [4.78, 5) is 0. The quantitative estimate of drug-likeness (QED) is 0.188. The van der Waals surface area contributed by atoms with Crippen LogP contribution in [0.1, 0.15) is 0 Å². The van der Waals surface area contributed by atoms with Gasteiger partial charge in [-0.15, -0.1) is 0 Å². The zero-order valence-corrected chi connectivity index (χ0v) is 26.2. The van der Waals surface area contributed by atoms with Crippen molar-refractivity contribution >= 4 is 54.4 Å². The molecule has 0 unspecified atom stereocenters. The minimum absolute atomic E-state index is 1.18. The van der Waals surface area contributed by atoms with Gasteiger partial charge in [0.1, 0.15) is 0 Å². The number of aromatic nitrogens is 2. The second kappa shape index (κ2) is 10.6. The van der Waals surface area contributed by atoms with Crippen LogP contribution < -0.4 is 0 Å². The van der Waals surface area contributed by atoms with Crippen LogP contribution in [0.15, 0.2) is 182 Å². The van der Waals surface area contributed by atoms with Crippen LogP contribution in [-0.4, -0.2) is 9.13 Å². The monoisotopic (exact) mass is 610 g/mol. The topological polar surface area (TPSA) is 9.86 Å². The molecule has 8 aromatic carbocycles. The Morgan fingerprint density at radius 3 is 1.75 bits per heavy atom. The molecule has 10 aromatic rings. The average molecular weight is 611 g/mol. The van der Waals surface area contributed by atoms with Crippen molar-refractivity contribution in [3.8, 4) is 33.6 Å². The van der Waals surface area contributed by atoms with Gasteiger partial charge in [0.25, 0.3) is 0 Å². The molecule has 0 spiro atoms. The van der Waals surface area contributed by atoms with Crippen LogP contribution >= 0.6 is 0 Å². The molecule has 2 aromatic heterocycles. The largest absolute Gasteiger partial charge is 0.309 e. The standard InChI is InChI=1S/C46H30N2/c1-2-13-32(14-3-1)37-16-6-9-19-42(37)48-44-21-11-7-17-38(44)40-26-23-35(30-46(40)48)34-24-27-45-41(29-34)39-18-8-10-20-43(39)47(45)36-25-22-31-12-4-5-15-33(31)28-36/h1-30H. The van der Waals surface area contributed by atoms with E-state index in [2.05, 4.69) is 191 Å². The third kappa shape index (κ3) is 4.06. The number of nitrogens with zero attached hydrogens (tertiary/aromatic N) is 2. The van der Waals surface area contributed by atoms with E-state index in [0.717, 1.165) is 0 Å². The van der Waals surface area contributed by atoms with Crippen LogP contribution in [0.3, 0.4) is 0 Å². The molecule has 2 heterocycles. The third-order valence-electron chi connectivity index (χ3n) is 9.90. The van der Waals surface area contributed by atoms with Crippen molar-refractivity contribution in [1.29, 1.82) is 0 Å². The molecular formula is C46H30N2. The lowest BCUT2D eigenvalue weighted by molar-refractivity contribution is 1.18. The van der Waals surface area contributed by atoms with E-state index in [4.69, 9.17) is 0 Å². The highest BCUT2D eigenvalue weighted by Gasteiger charge is 2.17. The number of hydrogen-bond donors (Lipinski definition) is 0. The molecule has 0 atom stereocenters. The Morgan fingerprint density at radius 1 is 0.292 bits per heavy atom.